The molecule has 0 aliphatic heterocycles. The molecule has 0 saturated heterocycles. The van der Waals surface area contributed by atoms with Gasteiger partial charge < -0.3 is 4.74 Å². The molecule has 4 bridgehead atoms. The first-order chi connectivity index (χ1) is 8.15. The predicted octanol–water partition coefficient (Wildman–Crippen LogP) is 2.87. The van der Waals surface area contributed by atoms with Gasteiger partial charge in [-0.15, -0.1) is 0 Å². The Balaban J connectivity index is 1.69. The lowest BCUT2D eigenvalue weighted by atomic mass is 9.61. The Labute approximate surface area is 103 Å². The summed E-state index contributed by atoms with van der Waals surface area (Å²) < 4.78 is 5.08. The highest BCUT2D eigenvalue weighted by atomic mass is 16.5. The van der Waals surface area contributed by atoms with Gasteiger partial charge in [-0.2, -0.15) is 0 Å². The van der Waals surface area contributed by atoms with Gasteiger partial charge in [-0.1, -0.05) is 0 Å². The minimum atomic E-state index is -0.148. The molecule has 94 valence electrons. The molecule has 0 radical (unpaired) electrons. The molecule has 2 heteroatoms. The van der Waals surface area contributed by atoms with Crippen molar-refractivity contribution in [1.82, 2.24) is 0 Å². The second-order valence-electron chi connectivity index (χ2n) is 7.20. The lowest BCUT2D eigenvalue weighted by Crippen LogP contribution is -2.43. The van der Waals surface area contributed by atoms with Crippen LogP contribution in [-0.4, -0.2) is 13.1 Å². The third-order valence-electron chi connectivity index (χ3n) is 6.77. The van der Waals surface area contributed by atoms with E-state index < -0.39 is 0 Å². The van der Waals surface area contributed by atoms with Crippen LogP contribution >= 0.6 is 0 Å². The van der Waals surface area contributed by atoms with Gasteiger partial charge in [-0.05, 0) is 74.5 Å². The van der Waals surface area contributed by atoms with E-state index in [-0.39, 0.29) is 11.4 Å². The van der Waals surface area contributed by atoms with E-state index in [1.807, 2.05) is 0 Å². The number of carbonyl (C=O) groups is 1. The quantitative estimate of drug-likeness (QED) is 0.515. The topological polar surface area (TPSA) is 26.3 Å². The van der Waals surface area contributed by atoms with Crippen molar-refractivity contribution in [2.24, 2.45) is 40.9 Å². The lowest BCUT2D eigenvalue weighted by molar-refractivity contribution is -0.158. The molecular formula is C15H22O2. The van der Waals surface area contributed by atoms with Crippen molar-refractivity contribution >= 4 is 5.97 Å². The van der Waals surface area contributed by atoms with Crippen LogP contribution in [0.1, 0.15) is 39.0 Å². The van der Waals surface area contributed by atoms with Crippen LogP contribution in [-0.2, 0) is 9.53 Å². The maximum atomic E-state index is 12.1. The summed E-state index contributed by atoms with van der Waals surface area (Å²) in [6, 6.07) is 0. The van der Waals surface area contributed by atoms with E-state index in [4.69, 9.17) is 4.74 Å². The Bertz CT molecular complexity index is 377. The van der Waals surface area contributed by atoms with E-state index in [0.29, 0.717) is 5.92 Å². The van der Waals surface area contributed by atoms with Crippen LogP contribution in [0.2, 0.25) is 0 Å². The van der Waals surface area contributed by atoms with Crippen LogP contribution < -0.4 is 0 Å². The molecule has 0 heterocycles. The van der Waals surface area contributed by atoms with Gasteiger partial charge in [0.05, 0.1) is 12.5 Å². The molecular weight excluding hydrogens is 212 g/mol. The van der Waals surface area contributed by atoms with Crippen molar-refractivity contribution in [2.75, 3.05) is 7.11 Å². The van der Waals surface area contributed by atoms with Gasteiger partial charge in [0.15, 0.2) is 0 Å². The number of hydrogen-bond donors (Lipinski definition) is 0. The Morgan fingerprint density at radius 1 is 1.12 bits per heavy atom. The number of carbonyl (C=O) groups excluding carboxylic acids is 1. The second kappa shape index (κ2) is 3.07. The third kappa shape index (κ3) is 1.06. The standard InChI is InChI=1S/C15H22O2/c1-15(14(16)17-2)7-10-6-11(15)13-9-4-3-8(5-9)12(10)13/h8-13H,3-7H2,1-2H3. The van der Waals surface area contributed by atoms with E-state index in [9.17, 15) is 4.79 Å². The van der Waals surface area contributed by atoms with Crippen molar-refractivity contribution < 1.29 is 9.53 Å². The highest BCUT2D eigenvalue weighted by molar-refractivity contribution is 5.77. The zero-order chi connectivity index (χ0) is 11.8. The van der Waals surface area contributed by atoms with Crippen molar-refractivity contribution in [3.8, 4) is 0 Å². The van der Waals surface area contributed by atoms with Crippen LogP contribution in [0.25, 0.3) is 0 Å². The molecule has 4 rings (SSSR count). The highest BCUT2D eigenvalue weighted by Gasteiger charge is 2.67. The Morgan fingerprint density at radius 2 is 1.82 bits per heavy atom. The summed E-state index contributed by atoms with van der Waals surface area (Å²) in [4.78, 5) is 12.1. The zero-order valence-electron chi connectivity index (χ0n) is 10.8. The first-order valence-electron chi connectivity index (χ1n) is 7.23. The molecule has 17 heavy (non-hydrogen) atoms. The van der Waals surface area contributed by atoms with Crippen molar-refractivity contribution in [3.05, 3.63) is 0 Å². The third-order valence-corrected chi connectivity index (χ3v) is 6.77. The fraction of sp³-hybridized carbons (Fsp3) is 0.933. The summed E-state index contributed by atoms with van der Waals surface area (Å²) in [5.74, 6) is 5.36. The molecule has 4 aliphatic rings. The average molecular weight is 234 g/mol. The van der Waals surface area contributed by atoms with E-state index in [1.165, 1.54) is 25.7 Å². The minimum Gasteiger partial charge on any atom is -0.469 e. The summed E-state index contributed by atoms with van der Waals surface area (Å²) in [5.41, 5.74) is -0.148. The van der Waals surface area contributed by atoms with Gasteiger partial charge in [0.25, 0.3) is 0 Å². The molecule has 7 atom stereocenters. The Hall–Kier alpha value is -0.530. The summed E-state index contributed by atoms with van der Waals surface area (Å²) in [6.45, 7) is 2.17. The summed E-state index contributed by atoms with van der Waals surface area (Å²) >= 11 is 0. The Kier molecular flexibility index (Phi) is 1.88. The molecule has 0 aromatic heterocycles. The maximum absolute atomic E-state index is 12.1. The number of hydrogen-bond acceptors (Lipinski definition) is 2. The summed E-state index contributed by atoms with van der Waals surface area (Å²) in [7, 11) is 1.55. The summed E-state index contributed by atoms with van der Waals surface area (Å²) in [5, 5.41) is 0. The first-order valence-corrected chi connectivity index (χ1v) is 7.23. The molecule has 0 aromatic carbocycles. The lowest BCUT2D eigenvalue weighted by Gasteiger charge is -2.42. The van der Waals surface area contributed by atoms with E-state index in [0.717, 1.165) is 36.0 Å². The van der Waals surface area contributed by atoms with E-state index in [1.54, 1.807) is 7.11 Å². The molecule has 0 amide bonds. The van der Waals surface area contributed by atoms with Gasteiger partial charge in [-0.25, -0.2) is 0 Å². The smallest absolute Gasteiger partial charge is 0.311 e. The molecule has 0 aromatic rings. The van der Waals surface area contributed by atoms with Crippen molar-refractivity contribution in [2.45, 2.75) is 39.0 Å². The van der Waals surface area contributed by atoms with Crippen molar-refractivity contribution in [1.29, 1.82) is 0 Å². The number of esters is 1. The monoisotopic (exact) mass is 234 g/mol. The van der Waals surface area contributed by atoms with Crippen LogP contribution in [0.5, 0.6) is 0 Å². The molecule has 4 aliphatic carbocycles. The number of fused-ring (bicyclic) bond motifs is 9. The number of methoxy groups -OCH3 is 1. The van der Waals surface area contributed by atoms with Gasteiger partial charge in [-0.3, -0.25) is 4.79 Å². The van der Waals surface area contributed by atoms with Crippen LogP contribution in [0.3, 0.4) is 0 Å². The van der Waals surface area contributed by atoms with Gasteiger partial charge >= 0.3 is 5.97 Å². The highest BCUT2D eigenvalue weighted by Crippen LogP contribution is 2.71. The average Bonchev–Trinajstić information content (AvgIpc) is 3.03. The molecule has 0 N–H and O–H groups in total. The van der Waals surface area contributed by atoms with Gasteiger partial charge in [0.1, 0.15) is 0 Å². The zero-order valence-corrected chi connectivity index (χ0v) is 10.8. The maximum Gasteiger partial charge on any atom is 0.311 e. The molecule has 0 spiro atoms. The van der Waals surface area contributed by atoms with Crippen LogP contribution in [0.15, 0.2) is 0 Å². The molecule has 7 unspecified atom stereocenters. The molecule has 2 nitrogen and oxygen atoms in total. The SMILES string of the molecule is COC(=O)C1(C)CC2CC1C1C3CCC(C3)C21. The summed E-state index contributed by atoms with van der Waals surface area (Å²) in [6.07, 6.45) is 6.80. The molecule has 4 saturated carbocycles. The largest absolute Gasteiger partial charge is 0.469 e. The van der Waals surface area contributed by atoms with Gasteiger partial charge in [0, 0.05) is 0 Å². The Morgan fingerprint density at radius 3 is 2.53 bits per heavy atom. The van der Waals surface area contributed by atoms with E-state index in [2.05, 4.69) is 6.92 Å². The minimum absolute atomic E-state index is 0.0613. The fourth-order valence-electron chi connectivity index (χ4n) is 6.38. The first kappa shape index (κ1) is 10.4. The van der Waals surface area contributed by atoms with E-state index >= 15 is 0 Å². The molecule has 4 fully saturated rings. The fourth-order valence-corrected chi connectivity index (χ4v) is 6.38. The van der Waals surface area contributed by atoms with Crippen molar-refractivity contribution in [3.63, 3.8) is 0 Å². The number of ether oxygens (including phenoxy) is 1. The number of rotatable bonds is 1. The van der Waals surface area contributed by atoms with Gasteiger partial charge in [0.2, 0.25) is 0 Å². The predicted molar refractivity (Wildman–Crippen MR) is 64.1 cm³/mol. The van der Waals surface area contributed by atoms with Crippen LogP contribution in [0.4, 0.5) is 0 Å². The second-order valence-corrected chi connectivity index (χ2v) is 7.20. The normalized spacial score (nSPS) is 58.5. The van der Waals surface area contributed by atoms with Crippen LogP contribution in [0, 0.1) is 40.9 Å².